The Morgan fingerprint density at radius 3 is 1.92 bits per heavy atom. The topological polar surface area (TPSA) is 74.7 Å². The molecule has 0 aliphatic heterocycles. The molecule has 0 amide bonds. The molecular weight excluding hydrogens is 194 g/mol. The Morgan fingerprint density at radius 2 is 1.69 bits per heavy atom. The molecular formula is C7H15NO4S. The van der Waals surface area contributed by atoms with E-state index in [2.05, 4.69) is 0 Å². The van der Waals surface area contributed by atoms with Gasteiger partial charge in [-0.3, -0.25) is 4.79 Å². The van der Waals surface area contributed by atoms with Crippen molar-refractivity contribution < 1.29 is 18.3 Å². The molecule has 0 saturated carbocycles. The summed E-state index contributed by atoms with van der Waals surface area (Å²) in [6.45, 7) is 4.54. The molecule has 0 bridgehead atoms. The van der Waals surface area contributed by atoms with E-state index in [0.717, 1.165) is 11.2 Å². The molecule has 0 aliphatic carbocycles. The van der Waals surface area contributed by atoms with Crippen LogP contribution in [-0.4, -0.2) is 42.1 Å². The van der Waals surface area contributed by atoms with Gasteiger partial charge in [-0.05, 0) is 20.8 Å². The smallest absolute Gasteiger partial charge is 0.323 e. The van der Waals surface area contributed by atoms with Gasteiger partial charge in [-0.1, -0.05) is 0 Å². The lowest BCUT2D eigenvalue weighted by molar-refractivity contribution is -0.136. The van der Waals surface area contributed by atoms with Crippen molar-refractivity contribution in [1.82, 2.24) is 4.31 Å². The maximum atomic E-state index is 11.5. The summed E-state index contributed by atoms with van der Waals surface area (Å²) < 4.78 is 24.0. The zero-order valence-electron chi connectivity index (χ0n) is 8.18. The first kappa shape index (κ1) is 12.4. The number of nitrogens with zero attached hydrogens (tertiary/aromatic N) is 1. The first-order chi connectivity index (χ1) is 5.71. The molecule has 5 nitrogen and oxygen atoms in total. The van der Waals surface area contributed by atoms with Crippen molar-refractivity contribution in [2.45, 2.75) is 32.1 Å². The van der Waals surface area contributed by atoms with Crippen molar-refractivity contribution in [2.24, 2.45) is 0 Å². The molecule has 0 aromatic carbocycles. The molecule has 0 spiro atoms. The van der Waals surface area contributed by atoms with Gasteiger partial charge in [-0.2, -0.15) is 0 Å². The van der Waals surface area contributed by atoms with Crippen LogP contribution < -0.4 is 0 Å². The largest absolute Gasteiger partial charge is 0.480 e. The molecule has 0 saturated heterocycles. The fourth-order valence-electron chi connectivity index (χ4n) is 0.671. The van der Waals surface area contributed by atoms with Gasteiger partial charge in [0.2, 0.25) is 10.0 Å². The van der Waals surface area contributed by atoms with Crippen molar-refractivity contribution in [3.63, 3.8) is 0 Å². The van der Waals surface area contributed by atoms with Gasteiger partial charge in [0.1, 0.15) is 0 Å². The van der Waals surface area contributed by atoms with E-state index in [1.807, 2.05) is 0 Å². The normalized spacial score (nSPS) is 14.9. The number of sulfonamides is 1. The van der Waals surface area contributed by atoms with E-state index in [-0.39, 0.29) is 6.04 Å². The highest BCUT2D eigenvalue weighted by atomic mass is 32.2. The predicted molar refractivity (Wildman–Crippen MR) is 48.9 cm³/mol. The highest BCUT2D eigenvalue weighted by Gasteiger charge is 2.32. The van der Waals surface area contributed by atoms with Crippen molar-refractivity contribution >= 4 is 16.0 Å². The summed E-state index contributed by atoms with van der Waals surface area (Å²) >= 11 is 0. The van der Waals surface area contributed by atoms with Gasteiger partial charge in [0.25, 0.3) is 0 Å². The van der Waals surface area contributed by atoms with Crippen molar-refractivity contribution in [3.05, 3.63) is 0 Å². The van der Waals surface area contributed by atoms with Crippen LogP contribution in [-0.2, 0) is 14.8 Å². The second kappa shape index (κ2) is 4.06. The fourth-order valence-corrected chi connectivity index (χ4v) is 2.01. The fraction of sp³-hybridized carbons (Fsp3) is 0.857. The molecule has 1 N–H and O–H groups in total. The number of carboxylic acid groups (broad SMARTS) is 1. The summed E-state index contributed by atoms with van der Waals surface area (Å²) in [6.07, 6.45) is 0. The third-order valence-corrected chi connectivity index (χ3v) is 4.24. The Morgan fingerprint density at radius 1 is 1.31 bits per heavy atom. The van der Waals surface area contributed by atoms with Crippen LogP contribution in [0.15, 0.2) is 0 Å². The summed E-state index contributed by atoms with van der Waals surface area (Å²) in [6, 6.07) is -0.230. The van der Waals surface area contributed by atoms with Gasteiger partial charge < -0.3 is 5.11 Å². The predicted octanol–water partition coefficient (Wildman–Crippen LogP) is 0.130. The van der Waals surface area contributed by atoms with Crippen molar-refractivity contribution in [3.8, 4) is 0 Å². The summed E-state index contributed by atoms with van der Waals surface area (Å²) in [5, 5.41) is 7.15. The maximum absolute atomic E-state index is 11.5. The van der Waals surface area contributed by atoms with Crippen LogP contribution in [0.5, 0.6) is 0 Å². The van der Waals surface area contributed by atoms with E-state index in [0.29, 0.717) is 0 Å². The minimum absolute atomic E-state index is 0.230. The third-order valence-electron chi connectivity index (χ3n) is 1.92. The van der Waals surface area contributed by atoms with E-state index < -0.39 is 21.2 Å². The van der Waals surface area contributed by atoms with Crippen LogP contribution in [0, 0.1) is 0 Å². The van der Waals surface area contributed by atoms with Crippen LogP contribution >= 0.6 is 0 Å². The van der Waals surface area contributed by atoms with Crippen LogP contribution in [0.3, 0.4) is 0 Å². The van der Waals surface area contributed by atoms with E-state index in [1.54, 1.807) is 13.8 Å². The van der Waals surface area contributed by atoms with Gasteiger partial charge in [-0.25, -0.2) is 12.7 Å². The Labute approximate surface area is 78.4 Å². The molecule has 0 aliphatic rings. The summed E-state index contributed by atoms with van der Waals surface area (Å²) in [5.74, 6) is -1.33. The Balaban J connectivity index is 4.88. The molecule has 1 atom stereocenters. The highest BCUT2D eigenvalue weighted by molar-refractivity contribution is 7.90. The number of hydrogen-bond acceptors (Lipinski definition) is 3. The lowest BCUT2D eigenvalue weighted by Gasteiger charge is -2.22. The zero-order valence-corrected chi connectivity index (χ0v) is 9.00. The van der Waals surface area contributed by atoms with Gasteiger partial charge in [0, 0.05) is 13.1 Å². The van der Waals surface area contributed by atoms with Gasteiger partial charge in [0.15, 0.2) is 5.25 Å². The average Bonchev–Trinajstić information content (AvgIpc) is 2.01. The van der Waals surface area contributed by atoms with E-state index in [1.165, 1.54) is 7.05 Å². The van der Waals surface area contributed by atoms with Crippen LogP contribution in [0.25, 0.3) is 0 Å². The second-order valence-corrected chi connectivity index (χ2v) is 5.45. The molecule has 0 rings (SSSR count). The van der Waals surface area contributed by atoms with Gasteiger partial charge in [-0.15, -0.1) is 0 Å². The lowest BCUT2D eigenvalue weighted by Crippen LogP contribution is -2.42. The SMILES string of the molecule is CC(C)N(C)S(=O)(=O)C(C)C(=O)O. The van der Waals surface area contributed by atoms with Gasteiger partial charge >= 0.3 is 5.97 Å². The second-order valence-electron chi connectivity index (χ2n) is 3.14. The number of carboxylic acids is 1. The monoisotopic (exact) mass is 209 g/mol. The van der Waals surface area contributed by atoms with E-state index in [4.69, 9.17) is 5.11 Å². The summed E-state index contributed by atoms with van der Waals surface area (Å²) in [4.78, 5) is 10.5. The van der Waals surface area contributed by atoms with Gasteiger partial charge in [0.05, 0.1) is 0 Å². The average molecular weight is 209 g/mol. The molecule has 13 heavy (non-hydrogen) atoms. The molecule has 78 valence electrons. The standard InChI is InChI=1S/C7H15NO4S/c1-5(2)8(4)13(11,12)6(3)7(9)10/h5-6H,1-4H3,(H,9,10). The van der Waals surface area contributed by atoms with E-state index in [9.17, 15) is 13.2 Å². The van der Waals surface area contributed by atoms with E-state index >= 15 is 0 Å². The highest BCUT2D eigenvalue weighted by Crippen LogP contribution is 2.10. The molecule has 0 aromatic heterocycles. The molecule has 0 heterocycles. The molecule has 6 heteroatoms. The number of rotatable bonds is 4. The molecule has 0 radical (unpaired) electrons. The quantitative estimate of drug-likeness (QED) is 0.714. The third kappa shape index (κ3) is 2.67. The summed E-state index contributed by atoms with van der Waals surface area (Å²) in [5.41, 5.74) is 0. The molecule has 0 aromatic rings. The van der Waals surface area contributed by atoms with Crippen LogP contribution in [0.2, 0.25) is 0 Å². The Hall–Kier alpha value is -0.620. The molecule has 0 fully saturated rings. The zero-order chi connectivity index (χ0) is 10.8. The summed E-state index contributed by atoms with van der Waals surface area (Å²) in [7, 11) is -2.33. The van der Waals surface area contributed by atoms with Crippen LogP contribution in [0.1, 0.15) is 20.8 Å². The van der Waals surface area contributed by atoms with Crippen LogP contribution in [0.4, 0.5) is 0 Å². The number of carbonyl (C=O) groups is 1. The van der Waals surface area contributed by atoms with Crippen molar-refractivity contribution in [2.75, 3.05) is 7.05 Å². The minimum Gasteiger partial charge on any atom is -0.480 e. The number of hydrogen-bond donors (Lipinski definition) is 1. The molecule has 1 unspecified atom stereocenters. The minimum atomic E-state index is -3.70. The number of aliphatic carboxylic acids is 1. The van der Waals surface area contributed by atoms with Crippen molar-refractivity contribution in [1.29, 1.82) is 0 Å². The maximum Gasteiger partial charge on any atom is 0.323 e. The Bertz CT molecular complexity index is 283. The first-order valence-electron chi connectivity index (χ1n) is 3.91. The lowest BCUT2D eigenvalue weighted by atomic mass is 10.4. The Kier molecular flexibility index (Phi) is 3.87. The first-order valence-corrected chi connectivity index (χ1v) is 5.41.